The third kappa shape index (κ3) is 27.7. The zero-order valence-electron chi connectivity index (χ0n) is 74.7. The number of carbonyl (C=O) groups is 5. The molecule has 0 fully saturated rings. The van der Waals surface area contributed by atoms with Gasteiger partial charge in [-0.25, -0.2) is 24.9 Å². The first kappa shape index (κ1) is 102. The molecule has 8 aromatic heterocycles. The van der Waals surface area contributed by atoms with Gasteiger partial charge in [0.05, 0.1) is 94.4 Å². The molecule has 0 spiro atoms. The van der Waals surface area contributed by atoms with Crippen molar-refractivity contribution < 1.29 is 103 Å². The third-order valence-electron chi connectivity index (χ3n) is 18.0. The molecule has 0 aliphatic carbocycles. The minimum absolute atomic E-state index is 0.0120. The van der Waals surface area contributed by atoms with Crippen LogP contribution in [0.4, 0.5) is 72.0 Å². The summed E-state index contributed by atoms with van der Waals surface area (Å²) in [4.78, 5) is 103. The maximum atomic E-state index is 11.0. The summed E-state index contributed by atoms with van der Waals surface area (Å²) >= 11 is 0. The van der Waals surface area contributed by atoms with Crippen LogP contribution >= 0.6 is 0 Å². The SMILES string of the molecule is COc1cc(C(C)C)c(Oc2cnc(N)nc2N)cc1/C(N)=N/O.COc1cc(C(C)C)c(Oc2cnc(N)nc2N)cc1C#N.COc1cc(C(C)C)c(Oc2cnc(N)nc2NC=O)cc1-c1ncon1.COc1cc(C(C)C)c(Oc2cnc(NC=O)nc2N)cc1-c1ncon1.COc1cc(C(C)C)c(Oc2cnc(NC=O)nc2NC=O)cc1-c1ncon1.O=CC(F)(F)F. The molecule has 0 bridgehead atoms. The molecule has 135 heavy (non-hydrogen) atoms. The zero-order valence-corrected chi connectivity index (χ0v) is 74.7. The Morgan fingerprint density at radius 3 is 1.00 bits per heavy atom. The van der Waals surface area contributed by atoms with Gasteiger partial charge in [0, 0.05) is 33.9 Å². The fourth-order valence-corrected chi connectivity index (χ4v) is 11.6. The number of hydrogen-bond donors (Lipinski definition) is 12. The van der Waals surface area contributed by atoms with Crippen LogP contribution in [-0.4, -0.2) is 165 Å². The van der Waals surface area contributed by atoms with Crippen molar-refractivity contribution in [3.05, 3.63) is 150 Å². The Morgan fingerprint density at radius 1 is 0.393 bits per heavy atom. The van der Waals surface area contributed by atoms with Gasteiger partial charge in [-0.3, -0.25) is 34.6 Å². The number of methoxy groups -OCH3 is 5. The number of aldehydes is 1. The molecule has 13 aromatic rings. The highest BCUT2D eigenvalue weighted by Gasteiger charge is 2.28. The van der Waals surface area contributed by atoms with Gasteiger partial charge in [0.2, 0.25) is 98.3 Å². The van der Waals surface area contributed by atoms with Gasteiger partial charge in [0.15, 0.2) is 63.7 Å². The molecular formula is C84H92F3N29O19. The van der Waals surface area contributed by atoms with Gasteiger partial charge < -0.3 is 117 Å². The summed E-state index contributed by atoms with van der Waals surface area (Å²) in [6, 6.07) is 19.6. The first-order chi connectivity index (χ1) is 64.5. The van der Waals surface area contributed by atoms with E-state index in [1.165, 1.54) is 64.4 Å². The van der Waals surface area contributed by atoms with Gasteiger partial charge in [-0.05, 0) is 84.2 Å². The number of hydrogen-bond acceptors (Lipinski definition) is 43. The summed E-state index contributed by atoms with van der Waals surface area (Å²) in [5.41, 5.74) is 46.6. The fraction of sp³-hybridized carbons (Fsp3) is 0.250. The molecule has 0 radical (unpaired) electrons. The third-order valence-corrected chi connectivity index (χ3v) is 18.0. The quantitative estimate of drug-likeness (QED) is 0.00612. The van der Waals surface area contributed by atoms with Crippen LogP contribution in [0, 0.1) is 11.3 Å². The molecular weight excluding hydrogens is 1780 g/mol. The van der Waals surface area contributed by atoms with Crippen molar-refractivity contribution >= 4 is 96.6 Å². The number of oxime groups is 1. The standard InChI is InChI=1S/C18H18N6O5.2C17H18N6O4.C15H20N6O3.C15H17N5O2.C2HF3O/c1-10(2)11-4-13(27-3)12(16-22-9-28-24-16)5-14(11)29-15-6-19-18(21-8-26)23-17(15)20-7-25;1-9(2)10-4-12(25-3)11(16-21-8-26-23-16)5-13(10)27-14-6-19-17(20-7-24)22-15(14)18;1-9(2)10-4-12(25-3)11(15-21-8-26-23-15)5-13(10)27-14-6-19-17(18)22-16(14)20-7-24;1-7(2)8-4-10(23-3)9(13(16)21-22)5-11(8)24-12-6-19-15(18)20-14(12)17;1-8(2)10-5-11(21-3)9(6-16)4-12(10)22-13-7-19-15(18)20-14(13)17;3-2(4,5)1-6/h4-10H,1-3H3,(H2,19,20,21,23,25,26);2*4-9H,1-3H3,(H3,18,19,20,22,24);4-7,22H,1-3H3,(H2,16,21)(H4,17,18,19,20);4-5,7-8H,1-3H3,(H4,17,18,19,20);1H. The number of nitrogens with one attached hydrogen (secondary N) is 4. The molecule has 51 heteroatoms. The number of benzene rings is 5. The van der Waals surface area contributed by atoms with E-state index in [4.69, 9.17) is 111 Å². The lowest BCUT2D eigenvalue weighted by Gasteiger charge is -2.18. The van der Waals surface area contributed by atoms with Crippen molar-refractivity contribution in [3.63, 3.8) is 0 Å². The first-order valence-electron chi connectivity index (χ1n) is 39.4. The van der Waals surface area contributed by atoms with Crippen LogP contribution in [-0.2, 0) is 24.0 Å². The van der Waals surface area contributed by atoms with E-state index in [0.29, 0.717) is 128 Å². The second-order valence-corrected chi connectivity index (χ2v) is 28.6. The number of nitrogens with zero attached hydrogens (tertiary/aromatic N) is 18. The number of anilines is 10. The van der Waals surface area contributed by atoms with E-state index in [1.54, 1.807) is 63.8 Å². The summed E-state index contributed by atoms with van der Waals surface area (Å²) in [6.07, 6.45) is 6.69. The van der Waals surface area contributed by atoms with Crippen molar-refractivity contribution in [1.29, 1.82) is 5.26 Å². The molecule has 5 aromatic carbocycles. The van der Waals surface area contributed by atoms with E-state index in [0.717, 1.165) is 27.8 Å². The van der Waals surface area contributed by atoms with Crippen LogP contribution < -0.4 is 109 Å². The van der Waals surface area contributed by atoms with Gasteiger partial charge in [-0.2, -0.15) is 58.3 Å². The molecule has 708 valence electrons. The molecule has 4 amide bonds. The maximum Gasteiger partial charge on any atom is 0.446 e. The van der Waals surface area contributed by atoms with Crippen molar-refractivity contribution in [3.8, 4) is 126 Å². The summed E-state index contributed by atoms with van der Waals surface area (Å²) in [6.45, 7) is 20.1. The number of carbonyl (C=O) groups excluding carboxylic acids is 5. The number of rotatable bonds is 32. The van der Waals surface area contributed by atoms with E-state index in [-0.39, 0.29) is 123 Å². The number of alkyl halides is 3. The number of halogens is 3. The number of nitriles is 1. The average Bonchev–Trinajstić information content (AvgIpc) is 1.79. The van der Waals surface area contributed by atoms with Crippen LogP contribution in [0.15, 0.2) is 130 Å². The minimum Gasteiger partial charge on any atom is -0.496 e. The Labute approximate surface area is 765 Å². The number of nitrogen functional groups attached to an aromatic ring is 6. The Morgan fingerprint density at radius 2 is 0.689 bits per heavy atom. The Kier molecular flexibility index (Phi) is 36.6. The highest BCUT2D eigenvalue weighted by Crippen LogP contribution is 2.46. The van der Waals surface area contributed by atoms with Gasteiger partial charge in [-0.15, -0.1) is 0 Å². The first-order valence-corrected chi connectivity index (χ1v) is 39.4. The minimum atomic E-state index is -4.64. The highest BCUT2D eigenvalue weighted by atomic mass is 19.4. The van der Waals surface area contributed by atoms with Gasteiger partial charge in [0.1, 0.15) is 63.6 Å². The summed E-state index contributed by atoms with van der Waals surface area (Å²) in [5.74, 6) is 8.70. The monoisotopic (exact) mass is 1870 g/mol. The summed E-state index contributed by atoms with van der Waals surface area (Å²) < 4.78 is 102. The highest BCUT2D eigenvalue weighted by molar-refractivity contribution is 6.00. The molecule has 0 saturated carbocycles. The number of aromatic nitrogens is 16. The lowest BCUT2D eigenvalue weighted by molar-refractivity contribution is -0.156. The van der Waals surface area contributed by atoms with E-state index in [9.17, 15) is 37.6 Å². The summed E-state index contributed by atoms with van der Waals surface area (Å²) in [7, 11) is 7.69. The Hall–Kier alpha value is -18.2. The molecule has 0 saturated heterocycles. The van der Waals surface area contributed by atoms with E-state index >= 15 is 0 Å². The van der Waals surface area contributed by atoms with Crippen LogP contribution in [0.2, 0.25) is 0 Å². The predicted octanol–water partition coefficient (Wildman–Crippen LogP) is 12.6. The molecule has 48 nitrogen and oxygen atoms in total. The number of amides is 4. The van der Waals surface area contributed by atoms with Crippen LogP contribution in [0.3, 0.4) is 0 Å². The largest absolute Gasteiger partial charge is 0.496 e. The molecule has 0 atom stereocenters. The lowest BCUT2D eigenvalue weighted by Crippen LogP contribution is -2.15. The molecule has 13 rings (SSSR count). The molecule has 8 heterocycles. The number of nitrogens with two attached hydrogens (primary N) is 7. The molecule has 0 aliphatic rings. The molecule has 19 N–H and O–H groups in total. The van der Waals surface area contributed by atoms with Crippen molar-refractivity contribution in [2.45, 2.75) is 105 Å². The normalized spacial score (nSPS) is 10.8. The lowest BCUT2D eigenvalue weighted by atomic mass is 9.99. The van der Waals surface area contributed by atoms with Crippen molar-refractivity contribution in [2.24, 2.45) is 10.9 Å². The predicted molar refractivity (Wildman–Crippen MR) is 480 cm³/mol. The smallest absolute Gasteiger partial charge is 0.446 e. The van der Waals surface area contributed by atoms with Crippen LogP contribution in [0.25, 0.3) is 34.2 Å². The van der Waals surface area contributed by atoms with E-state index in [1.807, 2.05) is 87.4 Å². The Balaban J connectivity index is 0.000000205. The maximum absolute atomic E-state index is 11.0. The van der Waals surface area contributed by atoms with Crippen molar-refractivity contribution in [1.82, 2.24) is 80.3 Å². The van der Waals surface area contributed by atoms with Gasteiger partial charge in [0.25, 0.3) is 0 Å². The average molecular weight is 1870 g/mol. The van der Waals surface area contributed by atoms with Gasteiger partial charge >= 0.3 is 6.18 Å². The van der Waals surface area contributed by atoms with Crippen LogP contribution in [0.1, 0.15) is 138 Å². The fourth-order valence-electron chi connectivity index (χ4n) is 11.6. The van der Waals surface area contributed by atoms with Crippen LogP contribution in [0.5, 0.6) is 86.2 Å². The second kappa shape index (κ2) is 48.3. The second-order valence-electron chi connectivity index (χ2n) is 28.6. The van der Waals surface area contributed by atoms with E-state index in [2.05, 4.69) is 113 Å². The van der Waals surface area contributed by atoms with E-state index < -0.39 is 12.5 Å². The number of amidine groups is 1. The molecule has 0 unspecified atom stereocenters. The summed E-state index contributed by atoms with van der Waals surface area (Å²) in [5, 5.41) is 42.3. The number of ether oxygens (including phenoxy) is 10. The topological polar surface area (TPSA) is 710 Å². The zero-order chi connectivity index (χ0) is 98.9. The van der Waals surface area contributed by atoms with Gasteiger partial charge in [-0.1, -0.05) is 89.9 Å². The Bertz CT molecular complexity index is 6290. The van der Waals surface area contributed by atoms with Crippen molar-refractivity contribution in [2.75, 3.05) is 91.2 Å². The molecule has 0 aliphatic heterocycles.